The Bertz CT molecular complexity index is 47.6. The van der Waals surface area contributed by atoms with Gasteiger partial charge in [-0.15, -0.1) is 0 Å². The monoisotopic (exact) mass is 187 g/mol. The maximum absolute atomic E-state index is 10.7. The van der Waals surface area contributed by atoms with Crippen molar-refractivity contribution in [1.82, 2.24) is 0 Å². The molecule has 0 N–H and O–H groups in total. The summed E-state index contributed by atoms with van der Waals surface area (Å²) in [5.74, 6) is 0. The second-order valence-corrected chi connectivity index (χ2v) is 1.04. The number of hydrogen-bond donors (Lipinski definition) is 0. The zero-order chi connectivity index (χ0) is 4.28. The molecule has 0 aliphatic carbocycles. The first-order valence-electron chi connectivity index (χ1n) is 0.900. The van der Waals surface area contributed by atoms with Gasteiger partial charge in [-0.05, 0) is 22.6 Å². The highest BCUT2D eigenvalue weighted by Crippen LogP contribution is 1.93. The largest absolute Gasteiger partial charge is 0.330 e. The van der Waals surface area contributed by atoms with E-state index in [0.717, 1.165) is 4.08 Å². The van der Waals surface area contributed by atoms with Gasteiger partial charge in [-0.3, -0.25) is 5.11 Å². The molecule has 0 saturated carbocycles. The van der Waals surface area contributed by atoms with Crippen LogP contribution in [0.2, 0.25) is 0 Å². The van der Waals surface area contributed by atoms with E-state index in [1.165, 1.54) is 22.6 Å². The van der Waals surface area contributed by atoms with E-state index in [4.69, 9.17) is 5.11 Å². The van der Waals surface area contributed by atoms with Crippen molar-refractivity contribution < 1.29 is 9.50 Å². The van der Waals surface area contributed by atoms with Crippen molar-refractivity contribution in [3.63, 3.8) is 0 Å². The molecule has 0 spiro atoms. The molecular formula is C2HFIO. The second-order valence-electron chi connectivity index (χ2n) is 0.413. The molecule has 0 aromatic carbocycles. The van der Waals surface area contributed by atoms with Gasteiger partial charge in [-0.1, -0.05) is 0 Å². The first-order chi connectivity index (χ1) is 2.27. The first kappa shape index (κ1) is 5.20. The Balaban J connectivity index is 3.14. The highest BCUT2D eigenvalue weighted by atomic mass is 127. The van der Waals surface area contributed by atoms with Gasteiger partial charge in [-0.2, -0.15) is 4.39 Å². The third-order valence-electron chi connectivity index (χ3n) is 0.0858. The van der Waals surface area contributed by atoms with E-state index in [1.54, 1.807) is 0 Å². The van der Waals surface area contributed by atoms with Crippen LogP contribution in [0.25, 0.3) is 0 Å². The average Bonchev–Trinajstić information content (AvgIpc) is 1.38. The molecule has 29 valence electrons. The summed E-state index contributed by atoms with van der Waals surface area (Å²) in [6.45, 7) is 0. The predicted molar refractivity (Wildman–Crippen MR) is 23.9 cm³/mol. The van der Waals surface area contributed by atoms with E-state index in [2.05, 4.69) is 0 Å². The zero-order valence-corrected chi connectivity index (χ0v) is 4.40. The van der Waals surface area contributed by atoms with Gasteiger partial charge in [0.05, 0.1) is 4.08 Å². The van der Waals surface area contributed by atoms with Crippen LogP contribution in [0.4, 0.5) is 4.39 Å². The van der Waals surface area contributed by atoms with Crippen LogP contribution < -0.4 is 0 Å². The summed E-state index contributed by atoms with van der Waals surface area (Å²) in [5.41, 5.74) is 0. The minimum absolute atomic E-state index is 0.831. The molecule has 0 aliphatic heterocycles. The van der Waals surface area contributed by atoms with Crippen molar-refractivity contribution in [3.05, 3.63) is 10.1 Å². The molecule has 1 radical (unpaired) electrons. The fraction of sp³-hybridized carbons (Fsp3) is 0. The normalized spacial score (nSPS) is 12.0. The third-order valence-corrected chi connectivity index (χ3v) is 0.575. The molecule has 0 aromatic rings. The molecule has 0 aromatic heterocycles. The summed E-state index contributed by atoms with van der Waals surface area (Å²) in [6, 6.07) is -1.38. The number of halogens is 2. The standard InChI is InChI=1S/C2HFIO/c3-2(5)1-4/h1H/b2-1+. The Hall–Kier alpha value is 0.200. The van der Waals surface area contributed by atoms with Gasteiger partial charge in [0.1, 0.15) is 0 Å². The molecule has 3 heteroatoms. The number of rotatable bonds is 0. The van der Waals surface area contributed by atoms with E-state index in [0.29, 0.717) is 0 Å². The lowest BCUT2D eigenvalue weighted by Gasteiger charge is -1.60. The summed E-state index contributed by atoms with van der Waals surface area (Å²) in [5, 5.41) is 9.08. The van der Waals surface area contributed by atoms with Gasteiger partial charge in [0, 0.05) is 0 Å². The fourth-order valence-electron chi connectivity index (χ4n) is 0. The topological polar surface area (TPSA) is 19.9 Å². The summed E-state index contributed by atoms with van der Waals surface area (Å²) in [6.07, 6.45) is 0. The van der Waals surface area contributed by atoms with Crippen LogP contribution in [0, 0.1) is 0 Å². The van der Waals surface area contributed by atoms with Crippen molar-refractivity contribution in [2.75, 3.05) is 0 Å². The molecule has 0 bridgehead atoms. The van der Waals surface area contributed by atoms with Gasteiger partial charge in [0.2, 0.25) is 0 Å². The van der Waals surface area contributed by atoms with Crippen molar-refractivity contribution >= 4 is 22.6 Å². The molecule has 0 atom stereocenters. The molecule has 0 unspecified atom stereocenters. The smallest absolute Gasteiger partial charge is 0.256 e. The third kappa shape index (κ3) is 4.20. The Labute approximate surface area is 42.6 Å². The Morgan fingerprint density at radius 1 is 2.00 bits per heavy atom. The molecule has 5 heavy (non-hydrogen) atoms. The van der Waals surface area contributed by atoms with E-state index in [1.807, 2.05) is 0 Å². The van der Waals surface area contributed by atoms with Gasteiger partial charge >= 0.3 is 6.01 Å². The van der Waals surface area contributed by atoms with Crippen molar-refractivity contribution in [2.45, 2.75) is 0 Å². The Morgan fingerprint density at radius 2 is 2.20 bits per heavy atom. The summed E-state index contributed by atoms with van der Waals surface area (Å²) >= 11 is 1.53. The van der Waals surface area contributed by atoms with Gasteiger partial charge in [0.15, 0.2) is 0 Å². The molecule has 0 saturated heterocycles. The molecule has 1 nitrogen and oxygen atoms in total. The van der Waals surface area contributed by atoms with Crippen LogP contribution in [-0.2, 0) is 5.11 Å². The number of hydrogen-bond acceptors (Lipinski definition) is 0. The quantitative estimate of drug-likeness (QED) is 0.405. The summed E-state index contributed by atoms with van der Waals surface area (Å²) in [7, 11) is 0. The van der Waals surface area contributed by atoms with Crippen LogP contribution in [-0.4, -0.2) is 0 Å². The van der Waals surface area contributed by atoms with Crippen LogP contribution in [0.3, 0.4) is 0 Å². The highest BCUT2D eigenvalue weighted by Gasteiger charge is 1.77. The molecule has 0 amide bonds. The van der Waals surface area contributed by atoms with E-state index >= 15 is 0 Å². The highest BCUT2D eigenvalue weighted by molar-refractivity contribution is 14.1. The van der Waals surface area contributed by atoms with Crippen LogP contribution in [0.5, 0.6) is 0 Å². The minimum Gasteiger partial charge on any atom is -0.256 e. The van der Waals surface area contributed by atoms with E-state index in [-0.39, 0.29) is 0 Å². The first-order valence-corrected chi connectivity index (χ1v) is 2.15. The van der Waals surface area contributed by atoms with Gasteiger partial charge in [0.25, 0.3) is 0 Å². The van der Waals surface area contributed by atoms with Crippen molar-refractivity contribution in [3.8, 4) is 0 Å². The molecule has 0 fully saturated rings. The van der Waals surface area contributed by atoms with Gasteiger partial charge < -0.3 is 0 Å². The van der Waals surface area contributed by atoms with Crippen molar-refractivity contribution in [2.24, 2.45) is 0 Å². The fourth-order valence-corrected chi connectivity index (χ4v) is 0. The molecule has 0 aliphatic rings. The molecule has 0 rings (SSSR count). The zero-order valence-electron chi connectivity index (χ0n) is 2.24. The van der Waals surface area contributed by atoms with Crippen LogP contribution in [0.15, 0.2) is 10.1 Å². The lowest BCUT2D eigenvalue weighted by Crippen LogP contribution is -1.50. The van der Waals surface area contributed by atoms with E-state index < -0.39 is 6.01 Å². The molecular weight excluding hydrogens is 186 g/mol. The lowest BCUT2D eigenvalue weighted by atomic mass is 11.1. The van der Waals surface area contributed by atoms with Crippen LogP contribution in [0.1, 0.15) is 0 Å². The Morgan fingerprint density at radius 3 is 2.20 bits per heavy atom. The van der Waals surface area contributed by atoms with Gasteiger partial charge in [-0.25, -0.2) is 0 Å². The Kier molecular flexibility index (Phi) is 2.54. The summed E-state index contributed by atoms with van der Waals surface area (Å²) < 4.78 is 11.6. The summed E-state index contributed by atoms with van der Waals surface area (Å²) in [4.78, 5) is 0. The maximum Gasteiger partial charge on any atom is 0.330 e. The van der Waals surface area contributed by atoms with E-state index in [9.17, 15) is 4.39 Å². The van der Waals surface area contributed by atoms with Crippen molar-refractivity contribution in [1.29, 1.82) is 0 Å². The SMILES string of the molecule is [O]/C(F)=C/I. The lowest BCUT2D eigenvalue weighted by molar-refractivity contribution is 0.201. The molecule has 0 heterocycles. The predicted octanol–water partition coefficient (Wildman–Crippen LogP) is 1.62. The second kappa shape index (κ2) is 2.44. The maximum atomic E-state index is 10.7. The minimum atomic E-state index is -1.38. The average molecular weight is 187 g/mol. The van der Waals surface area contributed by atoms with Crippen LogP contribution >= 0.6 is 22.6 Å².